The van der Waals surface area contributed by atoms with Crippen LogP contribution < -0.4 is 10.9 Å². The maximum absolute atomic E-state index is 12.6. The summed E-state index contributed by atoms with van der Waals surface area (Å²) in [5.41, 5.74) is 6.21. The molecule has 2 rings (SSSR count). The third-order valence-corrected chi connectivity index (χ3v) is 6.63. The Kier molecular flexibility index (Phi) is 7.48. The van der Waals surface area contributed by atoms with Gasteiger partial charge in [-0.15, -0.1) is 0 Å². The van der Waals surface area contributed by atoms with E-state index in [1.165, 1.54) is 28.6 Å². The maximum atomic E-state index is 12.6. The van der Waals surface area contributed by atoms with Crippen molar-refractivity contribution in [2.75, 3.05) is 13.1 Å². The molecule has 0 bridgehead atoms. The molecule has 1 amide bonds. The molecule has 0 radical (unpaired) electrons. The topological polar surface area (TPSA) is 78.5 Å². The van der Waals surface area contributed by atoms with E-state index in [1.54, 1.807) is 32.0 Å². The first-order valence-electron chi connectivity index (χ1n) is 8.51. The predicted octanol–water partition coefficient (Wildman–Crippen LogP) is 3.93. The van der Waals surface area contributed by atoms with Gasteiger partial charge in [0.25, 0.3) is 5.91 Å². The minimum absolute atomic E-state index is 0.0561. The predicted molar refractivity (Wildman–Crippen MR) is 113 cm³/mol. The fourth-order valence-corrected chi connectivity index (χ4v) is 4.42. The van der Waals surface area contributed by atoms with Gasteiger partial charge in [-0.3, -0.25) is 15.6 Å². The number of rotatable bonds is 8. The fourth-order valence-electron chi connectivity index (χ4n) is 2.51. The van der Waals surface area contributed by atoms with Crippen LogP contribution in [0.4, 0.5) is 0 Å². The van der Waals surface area contributed by atoms with E-state index in [-0.39, 0.29) is 10.5 Å². The van der Waals surface area contributed by atoms with Gasteiger partial charge in [-0.2, -0.15) is 4.31 Å². The Labute approximate surface area is 175 Å². The highest BCUT2D eigenvalue weighted by Gasteiger charge is 2.22. The molecule has 28 heavy (non-hydrogen) atoms. The second-order valence-electron chi connectivity index (χ2n) is 5.80. The summed E-state index contributed by atoms with van der Waals surface area (Å²) in [6.07, 6.45) is 0. The maximum Gasteiger partial charge on any atom is 0.269 e. The quantitative estimate of drug-likeness (QED) is 0.608. The zero-order valence-corrected chi connectivity index (χ0v) is 17.8. The van der Waals surface area contributed by atoms with Crippen LogP contribution in [0, 0.1) is 0 Å². The van der Waals surface area contributed by atoms with Gasteiger partial charge in [0.1, 0.15) is 0 Å². The number of hydrogen-bond donors (Lipinski definition) is 2. The van der Waals surface area contributed by atoms with Crippen molar-refractivity contribution >= 4 is 44.8 Å². The van der Waals surface area contributed by atoms with Crippen LogP contribution in [-0.4, -0.2) is 31.7 Å². The lowest BCUT2D eigenvalue weighted by atomic mass is 10.2. The molecule has 0 saturated carbocycles. The second-order valence-corrected chi connectivity index (χ2v) is 8.58. The molecule has 0 atom stereocenters. The Bertz CT molecular complexity index is 990. The smallest absolute Gasteiger partial charge is 0.269 e. The molecule has 2 N–H and O–H groups in total. The molecular formula is C19H21Cl2N3O3S. The summed E-state index contributed by atoms with van der Waals surface area (Å²) in [4.78, 5) is 12.5. The lowest BCUT2D eigenvalue weighted by Gasteiger charge is -2.19. The molecule has 0 aromatic heterocycles. The number of halogens is 2. The molecule has 0 spiro atoms. The Hall–Kier alpha value is -2.06. The van der Waals surface area contributed by atoms with E-state index in [4.69, 9.17) is 23.2 Å². The normalized spacial score (nSPS) is 11.3. The second kappa shape index (κ2) is 9.43. The Morgan fingerprint density at radius 3 is 2.39 bits per heavy atom. The standard InChI is InChI=1S/C19H21Cl2N3O3S/c1-4-24(5-2)28(26,27)16-8-6-7-14(11-16)19(25)23-22-13(3)17-12-15(20)9-10-18(17)21/h6-12,22H,3-5H2,1-2H3,(H,23,25). The van der Waals surface area contributed by atoms with Gasteiger partial charge in [0, 0.05) is 29.2 Å². The average molecular weight is 442 g/mol. The lowest BCUT2D eigenvalue weighted by molar-refractivity contribution is 0.0942. The van der Waals surface area contributed by atoms with E-state index in [9.17, 15) is 13.2 Å². The number of hydrazine groups is 1. The van der Waals surface area contributed by atoms with Crippen molar-refractivity contribution in [2.45, 2.75) is 18.7 Å². The minimum Gasteiger partial charge on any atom is -0.298 e. The van der Waals surface area contributed by atoms with E-state index in [0.29, 0.717) is 34.4 Å². The zero-order valence-electron chi connectivity index (χ0n) is 15.5. The highest BCUT2D eigenvalue weighted by Crippen LogP contribution is 2.24. The number of carbonyl (C=O) groups is 1. The molecular weight excluding hydrogens is 421 g/mol. The molecule has 2 aromatic rings. The molecule has 0 unspecified atom stereocenters. The van der Waals surface area contributed by atoms with Gasteiger partial charge in [0.05, 0.1) is 15.6 Å². The van der Waals surface area contributed by atoms with Crippen LogP contribution >= 0.6 is 23.2 Å². The van der Waals surface area contributed by atoms with Gasteiger partial charge in [-0.1, -0.05) is 49.7 Å². The van der Waals surface area contributed by atoms with Crippen LogP contribution in [-0.2, 0) is 10.0 Å². The number of sulfonamides is 1. The molecule has 0 aliphatic heterocycles. The van der Waals surface area contributed by atoms with Gasteiger partial charge >= 0.3 is 0 Å². The summed E-state index contributed by atoms with van der Waals surface area (Å²) in [5, 5.41) is 0.895. The van der Waals surface area contributed by atoms with Crippen LogP contribution in [0.1, 0.15) is 29.8 Å². The van der Waals surface area contributed by atoms with Crippen LogP contribution in [0.25, 0.3) is 5.70 Å². The summed E-state index contributed by atoms with van der Waals surface area (Å²) >= 11 is 12.1. The fraction of sp³-hybridized carbons (Fsp3) is 0.211. The van der Waals surface area contributed by atoms with Gasteiger partial charge < -0.3 is 0 Å². The molecule has 0 fully saturated rings. The SMILES string of the molecule is C=C(NNC(=O)c1cccc(S(=O)(=O)N(CC)CC)c1)c1cc(Cl)ccc1Cl. The van der Waals surface area contributed by atoms with Crippen LogP contribution in [0.2, 0.25) is 10.0 Å². The molecule has 6 nitrogen and oxygen atoms in total. The number of benzene rings is 2. The van der Waals surface area contributed by atoms with Crippen LogP contribution in [0.15, 0.2) is 53.9 Å². The number of amides is 1. The van der Waals surface area contributed by atoms with E-state index in [2.05, 4.69) is 17.4 Å². The molecule has 0 aliphatic rings. The van der Waals surface area contributed by atoms with E-state index >= 15 is 0 Å². The number of carbonyl (C=O) groups excluding carboxylic acids is 1. The Morgan fingerprint density at radius 1 is 1.07 bits per heavy atom. The lowest BCUT2D eigenvalue weighted by Crippen LogP contribution is -2.36. The van der Waals surface area contributed by atoms with Crippen LogP contribution in [0.5, 0.6) is 0 Å². The van der Waals surface area contributed by atoms with Crippen molar-refractivity contribution in [2.24, 2.45) is 0 Å². The molecule has 0 aliphatic carbocycles. The van der Waals surface area contributed by atoms with Crippen molar-refractivity contribution < 1.29 is 13.2 Å². The van der Waals surface area contributed by atoms with E-state index < -0.39 is 15.9 Å². The van der Waals surface area contributed by atoms with Crippen molar-refractivity contribution in [3.63, 3.8) is 0 Å². The molecule has 9 heteroatoms. The third-order valence-electron chi connectivity index (χ3n) is 4.02. The van der Waals surface area contributed by atoms with Gasteiger partial charge in [-0.25, -0.2) is 8.42 Å². The van der Waals surface area contributed by atoms with Gasteiger partial charge in [0.15, 0.2) is 0 Å². The van der Waals surface area contributed by atoms with E-state index in [0.717, 1.165) is 0 Å². The summed E-state index contributed by atoms with van der Waals surface area (Å²) in [6.45, 7) is 8.03. The van der Waals surface area contributed by atoms with Crippen LogP contribution in [0.3, 0.4) is 0 Å². The summed E-state index contributed by atoms with van der Waals surface area (Å²) < 4.78 is 26.6. The first-order valence-corrected chi connectivity index (χ1v) is 10.7. The molecule has 0 saturated heterocycles. The van der Waals surface area contributed by atoms with Crippen molar-refractivity contribution in [1.29, 1.82) is 0 Å². The molecule has 150 valence electrons. The monoisotopic (exact) mass is 441 g/mol. The van der Waals surface area contributed by atoms with Crippen molar-refractivity contribution in [3.05, 3.63) is 70.2 Å². The van der Waals surface area contributed by atoms with Gasteiger partial charge in [-0.05, 0) is 36.4 Å². The summed E-state index contributed by atoms with van der Waals surface area (Å²) in [6, 6.07) is 10.7. The average Bonchev–Trinajstić information content (AvgIpc) is 2.68. The Morgan fingerprint density at radius 2 is 1.75 bits per heavy atom. The molecule has 2 aromatic carbocycles. The number of nitrogens with one attached hydrogen (secondary N) is 2. The highest BCUT2D eigenvalue weighted by molar-refractivity contribution is 7.89. The van der Waals surface area contributed by atoms with Crippen molar-refractivity contribution in [1.82, 2.24) is 15.2 Å². The Balaban J connectivity index is 2.15. The third kappa shape index (κ3) is 5.05. The highest BCUT2D eigenvalue weighted by atomic mass is 35.5. The zero-order chi connectivity index (χ0) is 20.9. The molecule has 0 heterocycles. The number of hydrogen-bond acceptors (Lipinski definition) is 4. The van der Waals surface area contributed by atoms with E-state index in [1.807, 2.05) is 0 Å². The summed E-state index contributed by atoms with van der Waals surface area (Å²) in [7, 11) is -3.66. The first-order chi connectivity index (χ1) is 13.2. The van der Waals surface area contributed by atoms with Crippen molar-refractivity contribution in [3.8, 4) is 0 Å². The number of nitrogens with zero attached hydrogens (tertiary/aromatic N) is 1. The van der Waals surface area contributed by atoms with Gasteiger partial charge in [0.2, 0.25) is 10.0 Å². The largest absolute Gasteiger partial charge is 0.298 e. The summed E-state index contributed by atoms with van der Waals surface area (Å²) in [5.74, 6) is -0.518. The first kappa shape index (κ1) is 22.2. The minimum atomic E-state index is -3.66.